The molecule has 0 saturated carbocycles. The maximum atomic E-state index is 4.73. The van der Waals surface area contributed by atoms with E-state index in [1.807, 2.05) is 12.3 Å². The smallest absolute Gasteiger partial charge is 0.227 e. The number of aromatic nitrogens is 2. The van der Waals surface area contributed by atoms with Crippen molar-refractivity contribution in [3.8, 4) is 0 Å². The number of piperidine rings is 1. The molecule has 1 N–H and O–H groups in total. The molecule has 1 fully saturated rings. The van der Waals surface area contributed by atoms with Gasteiger partial charge in [-0.15, -0.1) is 0 Å². The second-order valence-electron chi connectivity index (χ2n) is 6.33. The van der Waals surface area contributed by atoms with E-state index in [-0.39, 0.29) is 0 Å². The van der Waals surface area contributed by atoms with Crippen LogP contribution in [-0.4, -0.2) is 22.6 Å². The number of aryl methyl sites for hydroxylation is 1. The van der Waals surface area contributed by atoms with Crippen molar-refractivity contribution in [2.24, 2.45) is 0 Å². The lowest BCUT2D eigenvalue weighted by atomic mass is 10.0. The van der Waals surface area contributed by atoms with Crippen LogP contribution in [0.15, 0.2) is 36.5 Å². The lowest BCUT2D eigenvalue weighted by Crippen LogP contribution is -2.40. The first-order valence-corrected chi connectivity index (χ1v) is 8.65. The molecule has 122 valence electrons. The van der Waals surface area contributed by atoms with E-state index in [0.717, 1.165) is 31.3 Å². The van der Waals surface area contributed by atoms with E-state index >= 15 is 0 Å². The number of anilines is 2. The Morgan fingerprint density at radius 2 is 2.00 bits per heavy atom. The first-order chi connectivity index (χ1) is 11.3. The zero-order valence-electron chi connectivity index (χ0n) is 14.1. The van der Waals surface area contributed by atoms with E-state index in [2.05, 4.69) is 53.3 Å². The molecule has 2 heterocycles. The second kappa shape index (κ2) is 7.44. The van der Waals surface area contributed by atoms with Gasteiger partial charge in [-0.25, -0.2) is 4.98 Å². The highest BCUT2D eigenvalue weighted by Gasteiger charge is 2.23. The number of nitrogens with one attached hydrogen (secondary N) is 1. The number of rotatable bonds is 5. The molecule has 1 unspecified atom stereocenters. The molecular weight excluding hydrogens is 284 g/mol. The monoisotopic (exact) mass is 310 g/mol. The maximum absolute atomic E-state index is 4.73. The fraction of sp³-hybridized carbons (Fsp3) is 0.474. The van der Waals surface area contributed by atoms with Crippen LogP contribution in [0.2, 0.25) is 0 Å². The van der Waals surface area contributed by atoms with Crippen LogP contribution < -0.4 is 10.2 Å². The van der Waals surface area contributed by atoms with Gasteiger partial charge in [0.1, 0.15) is 5.82 Å². The van der Waals surface area contributed by atoms with Gasteiger partial charge < -0.3 is 10.2 Å². The molecular formula is C19H26N4. The van der Waals surface area contributed by atoms with Gasteiger partial charge in [0.15, 0.2) is 0 Å². The van der Waals surface area contributed by atoms with Crippen molar-refractivity contribution in [2.75, 3.05) is 16.8 Å². The average Bonchev–Trinajstić information content (AvgIpc) is 2.61. The number of nitrogens with zero attached hydrogens (tertiary/aromatic N) is 3. The third-order valence-electron chi connectivity index (χ3n) is 4.59. The van der Waals surface area contributed by atoms with Gasteiger partial charge in [-0.1, -0.05) is 36.8 Å². The van der Waals surface area contributed by atoms with Crippen LogP contribution in [-0.2, 0) is 6.54 Å². The Morgan fingerprint density at radius 3 is 2.78 bits per heavy atom. The normalized spacial score (nSPS) is 18.0. The SMILES string of the molecule is CCC1CCCCN1c1nccc(NCc2ccc(C)cc2)n1. The van der Waals surface area contributed by atoms with Gasteiger partial charge in [0, 0.05) is 25.3 Å². The molecule has 1 aliphatic heterocycles. The molecule has 3 rings (SSSR count). The zero-order chi connectivity index (χ0) is 16.1. The number of hydrogen-bond donors (Lipinski definition) is 1. The minimum absolute atomic E-state index is 0.580. The summed E-state index contributed by atoms with van der Waals surface area (Å²) in [6, 6.07) is 11.1. The summed E-state index contributed by atoms with van der Waals surface area (Å²) in [5, 5.41) is 3.41. The van der Waals surface area contributed by atoms with Gasteiger partial charge in [0.2, 0.25) is 5.95 Å². The first kappa shape index (κ1) is 15.8. The topological polar surface area (TPSA) is 41.1 Å². The van der Waals surface area contributed by atoms with Crippen molar-refractivity contribution < 1.29 is 0 Å². The molecule has 0 radical (unpaired) electrons. The fourth-order valence-electron chi connectivity index (χ4n) is 3.17. The molecule has 1 aromatic heterocycles. The van der Waals surface area contributed by atoms with Crippen LogP contribution in [0, 0.1) is 6.92 Å². The zero-order valence-corrected chi connectivity index (χ0v) is 14.1. The maximum Gasteiger partial charge on any atom is 0.227 e. The van der Waals surface area contributed by atoms with Gasteiger partial charge in [0.25, 0.3) is 0 Å². The Bertz CT molecular complexity index is 624. The lowest BCUT2D eigenvalue weighted by molar-refractivity contribution is 0.443. The Balaban J connectivity index is 1.68. The predicted molar refractivity (Wildman–Crippen MR) is 95.8 cm³/mol. The van der Waals surface area contributed by atoms with Crippen LogP contribution in [0.5, 0.6) is 0 Å². The second-order valence-corrected chi connectivity index (χ2v) is 6.33. The lowest BCUT2D eigenvalue weighted by Gasteiger charge is -2.35. The third-order valence-corrected chi connectivity index (χ3v) is 4.59. The first-order valence-electron chi connectivity index (χ1n) is 8.65. The molecule has 23 heavy (non-hydrogen) atoms. The van der Waals surface area contributed by atoms with E-state index in [1.165, 1.54) is 30.4 Å². The van der Waals surface area contributed by atoms with Crippen molar-refractivity contribution in [3.63, 3.8) is 0 Å². The number of hydrogen-bond acceptors (Lipinski definition) is 4. The van der Waals surface area contributed by atoms with E-state index in [4.69, 9.17) is 4.98 Å². The highest BCUT2D eigenvalue weighted by Crippen LogP contribution is 2.24. The Morgan fingerprint density at radius 1 is 1.17 bits per heavy atom. The van der Waals surface area contributed by atoms with Crippen LogP contribution in [0.3, 0.4) is 0 Å². The quantitative estimate of drug-likeness (QED) is 0.900. The minimum atomic E-state index is 0.580. The summed E-state index contributed by atoms with van der Waals surface area (Å²) in [4.78, 5) is 11.6. The van der Waals surface area contributed by atoms with Gasteiger partial charge in [-0.3, -0.25) is 0 Å². The molecule has 0 amide bonds. The highest BCUT2D eigenvalue weighted by molar-refractivity contribution is 5.43. The highest BCUT2D eigenvalue weighted by atomic mass is 15.3. The van der Waals surface area contributed by atoms with Crippen molar-refractivity contribution in [2.45, 2.75) is 52.1 Å². The molecule has 4 nitrogen and oxygen atoms in total. The van der Waals surface area contributed by atoms with Crippen LogP contribution in [0.4, 0.5) is 11.8 Å². The molecule has 0 bridgehead atoms. The van der Waals surface area contributed by atoms with Gasteiger partial charge in [-0.2, -0.15) is 4.98 Å². The Kier molecular flexibility index (Phi) is 5.11. The molecule has 1 aliphatic rings. The largest absolute Gasteiger partial charge is 0.366 e. The van der Waals surface area contributed by atoms with E-state index < -0.39 is 0 Å². The van der Waals surface area contributed by atoms with Crippen LogP contribution in [0.25, 0.3) is 0 Å². The van der Waals surface area contributed by atoms with Gasteiger partial charge in [-0.05, 0) is 44.2 Å². The summed E-state index contributed by atoms with van der Waals surface area (Å²) in [5.74, 6) is 1.77. The molecule has 0 spiro atoms. The standard InChI is InChI=1S/C19H26N4/c1-3-17-6-4-5-13-23(17)19-20-12-11-18(22-19)21-14-16-9-7-15(2)8-10-16/h7-12,17H,3-6,13-14H2,1-2H3,(H,20,21,22). The van der Waals surface area contributed by atoms with E-state index in [9.17, 15) is 0 Å². The van der Waals surface area contributed by atoms with Crippen LogP contribution in [0.1, 0.15) is 43.7 Å². The predicted octanol–water partition coefficient (Wildman–Crippen LogP) is 4.17. The van der Waals surface area contributed by atoms with Gasteiger partial charge >= 0.3 is 0 Å². The Hall–Kier alpha value is -2.10. The molecule has 1 aromatic carbocycles. The van der Waals surface area contributed by atoms with Gasteiger partial charge in [0.05, 0.1) is 0 Å². The average molecular weight is 310 g/mol. The van der Waals surface area contributed by atoms with Crippen molar-refractivity contribution >= 4 is 11.8 Å². The summed E-state index contributed by atoms with van der Waals surface area (Å²) in [5.41, 5.74) is 2.55. The summed E-state index contributed by atoms with van der Waals surface area (Å²) >= 11 is 0. The molecule has 4 heteroatoms. The summed E-state index contributed by atoms with van der Waals surface area (Å²) < 4.78 is 0. The molecule has 2 aromatic rings. The van der Waals surface area contributed by atoms with Crippen LogP contribution >= 0.6 is 0 Å². The summed E-state index contributed by atoms with van der Waals surface area (Å²) in [6.07, 6.45) is 6.83. The van der Waals surface area contributed by atoms with Crippen molar-refractivity contribution in [1.29, 1.82) is 0 Å². The van der Waals surface area contributed by atoms with E-state index in [1.54, 1.807) is 0 Å². The summed E-state index contributed by atoms with van der Waals surface area (Å²) in [7, 11) is 0. The van der Waals surface area contributed by atoms with Crippen molar-refractivity contribution in [3.05, 3.63) is 47.7 Å². The number of benzene rings is 1. The Labute approximate surface area is 139 Å². The fourth-order valence-corrected chi connectivity index (χ4v) is 3.17. The molecule has 0 aliphatic carbocycles. The summed E-state index contributed by atoms with van der Waals surface area (Å²) in [6.45, 7) is 6.22. The molecule has 1 atom stereocenters. The van der Waals surface area contributed by atoms with Crippen molar-refractivity contribution in [1.82, 2.24) is 9.97 Å². The molecule has 1 saturated heterocycles. The van der Waals surface area contributed by atoms with E-state index in [0.29, 0.717) is 6.04 Å². The minimum Gasteiger partial charge on any atom is -0.366 e. The third kappa shape index (κ3) is 4.01.